The van der Waals surface area contributed by atoms with E-state index in [2.05, 4.69) is 15.1 Å². The molecule has 0 bridgehead atoms. The SMILES string of the molecule is CCOCc1cc(-n2cncn2)c2ncc(C(=O)OCC)n2c1. The maximum atomic E-state index is 12.1. The second-order valence-electron chi connectivity index (χ2n) is 4.77. The third-order valence-corrected chi connectivity index (χ3v) is 3.27. The molecule has 0 fully saturated rings. The molecule has 3 aromatic rings. The molecule has 8 nitrogen and oxygen atoms in total. The van der Waals surface area contributed by atoms with Crippen molar-refractivity contribution in [1.29, 1.82) is 0 Å². The number of nitrogens with zero attached hydrogens (tertiary/aromatic N) is 5. The van der Waals surface area contributed by atoms with Crippen LogP contribution in [0.2, 0.25) is 0 Å². The zero-order valence-electron chi connectivity index (χ0n) is 13.0. The van der Waals surface area contributed by atoms with Gasteiger partial charge in [0.05, 0.1) is 19.4 Å². The van der Waals surface area contributed by atoms with E-state index >= 15 is 0 Å². The highest BCUT2D eigenvalue weighted by Crippen LogP contribution is 2.19. The van der Waals surface area contributed by atoms with Crippen LogP contribution >= 0.6 is 0 Å². The molecule has 0 saturated carbocycles. The van der Waals surface area contributed by atoms with Crippen molar-refractivity contribution in [3.8, 4) is 5.69 Å². The van der Waals surface area contributed by atoms with Crippen molar-refractivity contribution in [2.24, 2.45) is 0 Å². The van der Waals surface area contributed by atoms with Crippen LogP contribution in [-0.4, -0.2) is 43.3 Å². The van der Waals surface area contributed by atoms with Crippen LogP contribution < -0.4 is 0 Å². The van der Waals surface area contributed by atoms with Gasteiger partial charge in [0, 0.05) is 12.8 Å². The smallest absolute Gasteiger partial charge is 0.356 e. The maximum absolute atomic E-state index is 12.1. The number of hydrogen-bond donors (Lipinski definition) is 0. The third-order valence-electron chi connectivity index (χ3n) is 3.27. The summed E-state index contributed by atoms with van der Waals surface area (Å²) in [4.78, 5) is 20.4. The molecule has 0 atom stereocenters. The van der Waals surface area contributed by atoms with Crippen LogP contribution in [0.4, 0.5) is 0 Å². The Morgan fingerprint density at radius 2 is 2.17 bits per heavy atom. The lowest BCUT2D eigenvalue weighted by Gasteiger charge is -2.09. The lowest BCUT2D eigenvalue weighted by atomic mass is 10.2. The Hall–Kier alpha value is -2.74. The first-order valence-corrected chi connectivity index (χ1v) is 7.34. The fourth-order valence-corrected chi connectivity index (χ4v) is 2.28. The lowest BCUT2D eigenvalue weighted by Crippen LogP contribution is -2.10. The lowest BCUT2D eigenvalue weighted by molar-refractivity contribution is 0.0518. The number of esters is 1. The number of ether oxygens (including phenoxy) is 2. The number of rotatable bonds is 6. The third kappa shape index (κ3) is 2.93. The zero-order valence-corrected chi connectivity index (χ0v) is 13.0. The van der Waals surface area contributed by atoms with Gasteiger partial charge in [-0.3, -0.25) is 4.40 Å². The number of pyridine rings is 1. The molecule has 0 saturated heterocycles. The van der Waals surface area contributed by atoms with Gasteiger partial charge in [0.25, 0.3) is 0 Å². The molecule has 0 aliphatic heterocycles. The molecule has 8 heteroatoms. The molecule has 120 valence electrons. The van der Waals surface area contributed by atoms with Crippen LogP contribution in [0.5, 0.6) is 0 Å². The molecule has 3 heterocycles. The minimum Gasteiger partial charge on any atom is -0.461 e. The maximum Gasteiger partial charge on any atom is 0.356 e. The van der Waals surface area contributed by atoms with Crippen molar-refractivity contribution in [3.05, 3.63) is 42.4 Å². The highest BCUT2D eigenvalue weighted by Gasteiger charge is 2.17. The van der Waals surface area contributed by atoms with Gasteiger partial charge in [-0.15, -0.1) is 0 Å². The van der Waals surface area contributed by atoms with Crippen molar-refractivity contribution in [2.75, 3.05) is 13.2 Å². The first-order valence-electron chi connectivity index (χ1n) is 7.34. The van der Waals surface area contributed by atoms with Crippen LogP contribution in [0, 0.1) is 0 Å². The molecular formula is C15H17N5O3. The van der Waals surface area contributed by atoms with E-state index in [1.807, 2.05) is 19.2 Å². The Morgan fingerprint density at radius 1 is 1.30 bits per heavy atom. The zero-order chi connectivity index (χ0) is 16.2. The molecular weight excluding hydrogens is 298 g/mol. The van der Waals surface area contributed by atoms with Gasteiger partial charge in [-0.05, 0) is 25.5 Å². The molecule has 3 rings (SSSR count). The van der Waals surface area contributed by atoms with Gasteiger partial charge in [-0.25, -0.2) is 19.4 Å². The number of carbonyl (C=O) groups is 1. The molecule has 0 spiro atoms. The first kappa shape index (κ1) is 15.2. The Bertz CT molecular complexity index is 810. The fraction of sp³-hybridized carbons (Fsp3) is 0.333. The number of carbonyl (C=O) groups excluding carboxylic acids is 1. The Labute approximate surface area is 132 Å². The molecule has 0 aliphatic rings. The van der Waals surface area contributed by atoms with Gasteiger partial charge in [0.15, 0.2) is 11.3 Å². The highest BCUT2D eigenvalue weighted by atomic mass is 16.5. The van der Waals surface area contributed by atoms with Crippen molar-refractivity contribution >= 4 is 11.6 Å². The standard InChI is InChI=1S/C15H17N5O3/c1-3-22-8-11-5-12(20-10-16-9-18-20)14-17-6-13(19(14)7-11)15(21)23-4-2/h5-7,9-10H,3-4,8H2,1-2H3. The summed E-state index contributed by atoms with van der Waals surface area (Å²) in [6, 6.07) is 1.92. The highest BCUT2D eigenvalue weighted by molar-refractivity contribution is 5.89. The largest absolute Gasteiger partial charge is 0.461 e. The topological polar surface area (TPSA) is 83.5 Å². The van der Waals surface area contributed by atoms with Gasteiger partial charge in [0.1, 0.15) is 18.3 Å². The molecule has 0 amide bonds. The molecule has 23 heavy (non-hydrogen) atoms. The van der Waals surface area contributed by atoms with Crippen LogP contribution in [-0.2, 0) is 16.1 Å². The minimum absolute atomic E-state index is 0.306. The van der Waals surface area contributed by atoms with Crippen LogP contribution in [0.25, 0.3) is 11.3 Å². The van der Waals surface area contributed by atoms with E-state index in [4.69, 9.17) is 9.47 Å². The van der Waals surface area contributed by atoms with E-state index in [-0.39, 0.29) is 0 Å². The quantitative estimate of drug-likeness (QED) is 0.643. The van der Waals surface area contributed by atoms with Crippen molar-refractivity contribution in [3.63, 3.8) is 0 Å². The molecule has 3 aromatic heterocycles. The second-order valence-corrected chi connectivity index (χ2v) is 4.77. The summed E-state index contributed by atoms with van der Waals surface area (Å²) in [5.74, 6) is -0.418. The van der Waals surface area contributed by atoms with E-state index in [0.717, 1.165) is 11.3 Å². The second kappa shape index (κ2) is 6.57. The average Bonchev–Trinajstić information content (AvgIpc) is 3.21. The van der Waals surface area contributed by atoms with Crippen molar-refractivity contribution in [2.45, 2.75) is 20.5 Å². The normalized spacial score (nSPS) is 11.0. The van der Waals surface area contributed by atoms with Gasteiger partial charge in [0.2, 0.25) is 0 Å². The van der Waals surface area contributed by atoms with Gasteiger partial charge in [-0.2, -0.15) is 5.10 Å². The van der Waals surface area contributed by atoms with Crippen LogP contribution in [0.3, 0.4) is 0 Å². The summed E-state index contributed by atoms with van der Waals surface area (Å²) in [6.07, 6.45) is 6.35. The molecule has 0 aromatic carbocycles. The monoisotopic (exact) mass is 315 g/mol. The Morgan fingerprint density at radius 3 is 2.87 bits per heavy atom. The van der Waals surface area contributed by atoms with E-state index in [9.17, 15) is 4.79 Å². The Kier molecular flexibility index (Phi) is 4.33. The Balaban J connectivity index is 2.15. The van der Waals surface area contributed by atoms with E-state index in [1.165, 1.54) is 12.5 Å². The fourth-order valence-electron chi connectivity index (χ4n) is 2.28. The summed E-state index contributed by atoms with van der Waals surface area (Å²) in [7, 11) is 0. The number of hydrogen-bond acceptors (Lipinski definition) is 6. The van der Waals surface area contributed by atoms with E-state index in [1.54, 1.807) is 22.3 Å². The van der Waals surface area contributed by atoms with Gasteiger partial charge >= 0.3 is 5.97 Å². The predicted molar refractivity (Wildman–Crippen MR) is 81.4 cm³/mol. The summed E-state index contributed by atoms with van der Waals surface area (Å²) in [5.41, 5.74) is 2.57. The minimum atomic E-state index is -0.418. The molecule has 0 aliphatic carbocycles. The van der Waals surface area contributed by atoms with Gasteiger partial charge < -0.3 is 9.47 Å². The van der Waals surface area contributed by atoms with Crippen molar-refractivity contribution in [1.82, 2.24) is 24.1 Å². The molecule has 0 radical (unpaired) electrons. The van der Waals surface area contributed by atoms with Crippen molar-refractivity contribution < 1.29 is 14.3 Å². The van der Waals surface area contributed by atoms with E-state index in [0.29, 0.717) is 31.2 Å². The van der Waals surface area contributed by atoms with Crippen LogP contribution in [0.1, 0.15) is 29.9 Å². The predicted octanol–water partition coefficient (Wildman–Crippen LogP) is 1.63. The first-order chi connectivity index (χ1) is 11.2. The summed E-state index contributed by atoms with van der Waals surface area (Å²) in [5, 5.41) is 4.14. The molecule has 0 N–H and O–H groups in total. The summed E-state index contributed by atoms with van der Waals surface area (Å²) >= 11 is 0. The summed E-state index contributed by atoms with van der Waals surface area (Å²) in [6.45, 7) is 5.03. The van der Waals surface area contributed by atoms with Gasteiger partial charge in [-0.1, -0.05) is 0 Å². The van der Waals surface area contributed by atoms with Crippen LogP contribution in [0.15, 0.2) is 31.1 Å². The molecule has 0 unspecified atom stereocenters. The average molecular weight is 315 g/mol. The van der Waals surface area contributed by atoms with E-state index < -0.39 is 5.97 Å². The number of aromatic nitrogens is 5. The number of fused-ring (bicyclic) bond motifs is 1. The summed E-state index contributed by atoms with van der Waals surface area (Å²) < 4.78 is 13.9. The number of imidazole rings is 1.